The number of hydrogen-bond acceptors (Lipinski definition) is 4. The van der Waals surface area contributed by atoms with Crippen molar-refractivity contribution in [2.75, 3.05) is 7.11 Å². The van der Waals surface area contributed by atoms with E-state index >= 15 is 0 Å². The van der Waals surface area contributed by atoms with Gasteiger partial charge in [-0.05, 0) is 37.8 Å². The molecule has 1 saturated carbocycles. The molecule has 1 aromatic heterocycles. The van der Waals surface area contributed by atoms with Crippen LogP contribution in [0.25, 0.3) is 0 Å². The van der Waals surface area contributed by atoms with Crippen LogP contribution in [0.1, 0.15) is 40.2 Å². The lowest BCUT2D eigenvalue weighted by Crippen LogP contribution is -2.27. The molecule has 2 rings (SSSR count). The maximum absolute atomic E-state index is 10.8. The lowest BCUT2D eigenvalue weighted by Gasteiger charge is -2.28. The Hall–Kier alpha value is -0.910. The Bertz CT molecular complexity index is 401. The van der Waals surface area contributed by atoms with Crippen molar-refractivity contribution in [3.05, 3.63) is 21.9 Å². The van der Waals surface area contributed by atoms with E-state index in [1.807, 2.05) is 6.07 Å². The summed E-state index contributed by atoms with van der Waals surface area (Å²) in [6.45, 7) is 0.499. The van der Waals surface area contributed by atoms with E-state index in [9.17, 15) is 4.79 Å². The fraction of sp³-hybridized carbons (Fsp3) is 0.615. The largest absolute Gasteiger partial charge is 0.477 e. The molecule has 1 aliphatic rings. The summed E-state index contributed by atoms with van der Waals surface area (Å²) in [5.41, 5.74) is 0. The van der Waals surface area contributed by atoms with E-state index in [2.05, 4.69) is 0 Å². The first-order chi connectivity index (χ1) is 8.69. The van der Waals surface area contributed by atoms with Gasteiger partial charge in [-0.1, -0.05) is 0 Å². The van der Waals surface area contributed by atoms with Crippen LogP contribution in [0.5, 0.6) is 0 Å². The highest BCUT2D eigenvalue weighted by molar-refractivity contribution is 7.13. The SMILES string of the molecule is COC1CCCC(OCc2ccc(C(=O)O)s2)C1. The quantitative estimate of drug-likeness (QED) is 0.893. The van der Waals surface area contributed by atoms with Gasteiger partial charge in [0.15, 0.2) is 0 Å². The minimum atomic E-state index is -0.872. The third-order valence-corrected chi connectivity index (χ3v) is 4.29. The monoisotopic (exact) mass is 270 g/mol. The number of rotatable bonds is 5. The summed E-state index contributed by atoms with van der Waals surface area (Å²) in [5, 5.41) is 8.83. The molecule has 2 atom stereocenters. The van der Waals surface area contributed by atoms with Gasteiger partial charge in [0.25, 0.3) is 0 Å². The van der Waals surface area contributed by atoms with Crippen molar-refractivity contribution in [3.8, 4) is 0 Å². The number of aromatic carboxylic acids is 1. The van der Waals surface area contributed by atoms with Crippen LogP contribution in [0.15, 0.2) is 12.1 Å². The second kappa shape index (κ2) is 6.31. The fourth-order valence-electron chi connectivity index (χ4n) is 2.24. The fourth-order valence-corrected chi connectivity index (χ4v) is 3.01. The van der Waals surface area contributed by atoms with Gasteiger partial charge in [0.1, 0.15) is 4.88 Å². The molecule has 5 heteroatoms. The van der Waals surface area contributed by atoms with Gasteiger partial charge in [-0.3, -0.25) is 0 Å². The maximum Gasteiger partial charge on any atom is 0.345 e. The van der Waals surface area contributed by atoms with Gasteiger partial charge in [0, 0.05) is 12.0 Å². The predicted octanol–water partition coefficient (Wildman–Crippen LogP) is 2.92. The zero-order valence-electron chi connectivity index (χ0n) is 10.4. The maximum atomic E-state index is 10.8. The molecule has 0 spiro atoms. The Kier molecular flexibility index (Phi) is 4.74. The van der Waals surface area contributed by atoms with Gasteiger partial charge >= 0.3 is 5.97 Å². The summed E-state index contributed by atoms with van der Waals surface area (Å²) < 4.78 is 11.2. The van der Waals surface area contributed by atoms with Crippen molar-refractivity contribution >= 4 is 17.3 Å². The molecule has 1 aliphatic carbocycles. The molecule has 100 valence electrons. The first kappa shape index (κ1) is 13.5. The van der Waals surface area contributed by atoms with Gasteiger partial charge in [0.05, 0.1) is 18.8 Å². The molecule has 0 bridgehead atoms. The predicted molar refractivity (Wildman–Crippen MR) is 69.1 cm³/mol. The summed E-state index contributed by atoms with van der Waals surface area (Å²) in [4.78, 5) is 12.1. The first-order valence-corrected chi connectivity index (χ1v) is 6.97. The highest BCUT2D eigenvalue weighted by Gasteiger charge is 2.22. The normalized spacial score (nSPS) is 24.1. The number of carbonyl (C=O) groups is 1. The van der Waals surface area contributed by atoms with Crippen molar-refractivity contribution in [2.45, 2.75) is 44.5 Å². The van der Waals surface area contributed by atoms with E-state index in [0.717, 1.165) is 30.6 Å². The van der Waals surface area contributed by atoms with Gasteiger partial charge in [-0.15, -0.1) is 11.3 Å². The van der Waals surface area contributed by atoms with Crippen molar-refractivity contribution in [1.29, 1.82) is 0 Å². The van der Waals surface area contributed by atoms with Gasteiger partial charge in [-0.25, -0.2) is 4.79 Å². The van der Waals surface area contributed by atoms with E-state index < -0.39 is 5.97 Å². The second-order valence-electron chi connectivity index (χ2n) is 4.53. The zero-order valence-corrected chi connectivity index (χ0v) is 11.2. The Balaban J connectivity index is 1.81. The van der Waals surface area contributed by atoms with Crippen molar-refractivity contribution < 1.29 is 19.4 Å². The van der Waals surface area contributed by atoms with Gasteiger partial charge in [0.2, 0.25) is 0 Å². The van der Waals surface area contributed by atoms with E-state index in [1.165, 1.54) is 11.3 Å². The van der Waals surface area contributed by atoms with Crippen molar-refractivity contribution in [2.24, 2.45) is 0 Å². The van der Waals surface area contributed by atoms with E-state index in [-0.39, 0.29) is 6.10 Å². The lowest BCUT2D eigenvalue weighted by atomic mass is 9.95. The molecule has 1 N–H and O–H groups in total. The average Bonchev–Trinajstić information content (AvgIpc) is 2.85. The van der Waals surface area contributed by atoms with Gasteiger partial charge < -0.3 is 14.6 Å². The molecular formula is C13H18O4S. The van der Waals surface area contributed by atoms with E-state index in [1.54, 1.807) is 13.2 Å². The molecule has 0 aromatic carbocycles. The molecular weight excluding hydrogens is 252 g/mol. The summed E-state index contributed by atoms with van der Waals surface area (Å²) in [6, 6.07) is 3.45. The highest BCUT2D eigenvalue weighted by Crippen LogP contribution is 2.25. The van der Waals surface area contributed by atoms with Crippen LogP contribution in [-0.4, -0.2) is 30.4 Å². The molecule has 1 aromatic rings. The highest BCUT2D eigenvalue weighted by atomic mass is 32.1. The van der Waals surface area contributed by atoms with Crippen LogP contribution < -0.4 is 0 Å². The summed E-state index contributed by atoms with van der Waals surface area (Å²) in [5.74, 6) is -0.872. The van der Waals surface area contributed by atoms with E-state index in [4.69, 9.17) is 14.6 Å². The minimum absolute atomic E-state index is 0.235. The summed E-state index contributed by atoms with van der Waals surface area (Å²) >= 11 is 1.28. The van der Waals surface area contributed by atoms with Crippen LogP contribution in [0.3, 0.4) is 0 Å². The Morgan fingerprint density at radius 3 is 2.89 bits per heavy atom. The number of carboxylic acid groups (broad SMARTS) is 1. The molecule has 0 saturated heterocycles. The molecule has 1 heterocycles. The smallest absolute Gasteiger partial charge is 0.345 e. The topological polar surface area (TPSA) is 55.8 Å². The van der Waals surface area contributed by atoms with Crippen LogP contribution >= 0.6 is 11.3 Å². The van der Waals surface area contributed by atoms with Crippen LogP contribution in [-0.2, 0) is 16.1 Å². The summed E-state index contributed by atoms with van der Waals surface area (Å²) in [6.07, 6.45) is 4.79. The molecule has 1 fully saturated rings. The number of ether oxygens (including phenoxy) is 2. The molecule has 0 radical (unpaired) electrons. The number of hydrogen-bond donors (Lipinski definition) is 1. The lowest BCUT2D eigenvalue weighted by molar-refractivity contribution is -0.0356. The Morgan fingerprint density at radius 1 is 1.44 bits per heavy atom. The Morgan fingerprint density at radius 2 is 2.22 bits per heavy atom. The van der Waals surface area contributed by atoms with E-state index in [0.29, 0.717) is 17.6 Å². The van der Waals surface area contributed by atoms with Crippen LogP contribution in [0.4, 0.5) is 0 Å². The van der Waals surface area contributed by atoms with Gasteiger partial charge in [-0.2, -0.15) is 0 Å². The van der Waals surface area contributed by atoms with Crippen molar-refractivity contribution in [1.82, 2.24) is 0 Å². The standard InChI is InChI=1S/C13H18O4S/c1-16-9-3-2-4-10(7-9)17-8-11-5-6-12(18-11)13(14)15/h5-6,9-10H,2-4,7-8H2,1H3,(H,14,15). The number of thiophene rings is 1. The second-order valence-corrected chi connectivity index (χ2v) is 5.70. The number of carboxylic acids is 1. The average molecular weight is 270 g/mol. The zero-order chi connectivity index (χ0) is 13.0. The first-order valence-electron chi connectivity index (χ1n) is 6.15. The molecule has 4 nitrogen and oxygen atoms in total. The summed E-state index contributed by atoms with van der Waals surface area (Å²) in [7, 11) is 1.74. The number of methoxy groups -OCH3 is 1. The van der Waals surface area contributed by atoms with Crippen LogP contribution in [0.2, 0.25) is 0 Å². The molecule has 18 heavy (non-hydrogen) atoms. The van der Waals surface area contributed by atoms with Crippen LogP contribution in [0, 0.1) is 0 Å². The van der Waals surface area contributed by atoms with Crippen molar-refractivity contribution in [3.63, 3.8) is 0 Å². The molecule has 0 aliphatic heterocycles. The molecule has 0 amide bonds. The third kappa shape index (κ3) is 3.54. The Labute approximate surface area is 111 Å². The minimum Gasteiger partial charge on any atom is -0.477 e. The third-order valence-electron chi connectivity index (χ3n) is 3.25. The molecule has 2 unspecified atom stereocenters.